The number of hydrogen-bond acceptors (Lipinski definition) is 1. The monoisotopic (exact) mass is 289 g/mol. The van der Waals surface area contributed by atoms with Gasteiger partial charge in [-0.3, -0.25) is 0 Å². The van der Waals surface area contributed by atoms with Gasteiger partial charge in [-0.2, -0.15) is 0 Å². The van der Waals surface area contributed by atoms with E-state index < -0.39 is 14.7 Å². The van der Waals surface area contributed by atoms with Crippen LogP contribution in [-0.4, -0.2) is 5.78 Å². The average molecular weight is 291 g/mol. The molecule has 4 heteroatoms. The Morgan fingerprint density at radius 3 is 2.36 bits per heavy atom. The van der Waals surface area contributed by atoms with Gasteiger partial charge in [-0.25, -0.2) is 0 Å². The van der Waals surface area contributed by atoms with Gasteiger partial charge in [0, 0.05) is 0 Å². The van der Waals surface area contributed by atoms with Gasteiger partial charge in [0.15, 0.2) is 0 Å². The summed E-state index contributed by atoms with van der Waals surface area (Å²) in [6.07, 6.45) is 1.58. The fourth-order valence-electron chi connectivity index (χ4n) is 0.600. The van der Waals surface area contributed by atoms with Gasteiger partial charge in [0.25, 0.3) is 0 Å². The van der Waals surface area contributed by atoms with Crippen LogP contribution < -0.4 is 0 Å². The number of hydrogen-bond donors (Lipinski definition) is 0. The number of ketones is 1. The summed E-state index contributed by atoms with van der Waals surface area (Å²) < 4.78 is 0. The minimum atomic E-state index is -1.51. The minimum absolute atomic E-state index is 0.213. The van der Waals surface area contributed by atoms with Crippen LogP contribution in [0.15, 0.2) is 0 Å². The van der Waals surface area contributed by atoms with Crippen molar-refractivity contribution < 1.29 is 19.5 Å². The molecule has 71 valence electrons. The maximum atomic E-state index is 11.0. The molecule has 0 saturated carbocycles. The third kappa shape index (κ3) is 8.82. The molecule has 0 aliphatic rings. The van der Waals surface area contributed by atoms with Crippen LogP contribution in [0.1, 0.15) is 26.7 Å². The summed E-state index contributed by atoms with van der Waals surface area (Å²) in [6.45, 7) is 4.20. The molecule has 0 bridgehead atoms. The summed E-state index contributed by atoms with van der Waals surface area (Å²) in [5, 5.41) is 0. The van der Waals surface area contributed by atoms with Crippen molar-refractivity contribution in [3.63, 3.8) is 0 Å². The Bertz CT molecular complexity index is 126. The molecule has 0 heterocycles. The predicted octanol–water partition coefficient (Wildman–Crippen LogP) is 3.34. The summed E-state index contributed by atoms with van der Waals surface area (Å²) in [5.41, 5.74) is 0. The van der Waals surface area contributed by atoms with Crippen LogP contribution in [0.3, 0.4) is 0 Å². The molecule has 0 radical (unpaired) electrons. The quantitative estimate of drug-likeness (QED) is 0.710. The zero-order chi connectivity index (χ0) is 8.85. The van der Waals surface area contributed by atoms with Gasteiger partial charge in [-0.1, -0.05) is 0 Å². The fraction of sp³-hybridized carbons (Fsp3) is 0.857. The Morgan fingerprint density at radius 2 is 2.00 bits per heavy atom. The molecular formula is C7H13Cl2OPd. The molecule has 0 spiro atoms. The number of carbonyl (C=O) groups is 1. The Kier molecular flexibility index (Phi) is 6.96. The van der Waals surface area contributed by atoms with Crippen LogP contribution >= 0.6 is 19.1 Å². The van der Waals surface area contributed by atoms with Crippen molar-refractivity contribution in [3.05, 3.63) is 0 Å². The van der Waals surface area contributed by atoms with Gasteiger partial charge in [0.05, 0.1) is 0 Å². The zero-order valence-corrected chi connectivity index (χ0v) is 9.75. The van der Waals surface area contributed by atoms with E-state index in [4.69, 9.17) is 19.1 Å². The SMILES string of the molecule is CC(C)CCC(=O)[CH2][Pd]([Cl])[Cl]. The summed E-state index contributed by atoms with van der Waals surface area (Å²) in [6, 6.07) is 0. The second-order valence-electron chi connectivity index (χ2n) is 2.80. The summed E-state index contributed by atoms with van der Waals surface area (Å²) in [5.74, 6) is 0.798. The number of carbonyl (C=O) groups excluding carboxylic acids is 1. The molecule has 0 aliphatic heterocycles. The van der Waals surface area contributed by atoms with Crippen molar-refractivity contribution in [2.24, 2.45) is 5.92 Å². The van der Waals surface area contributed by atoms with Crippen molar-refractivity contribution >= 4 is 24.8 Å². The van der Waals surface area contributed by atoms with Crippen LogP contribution in [-0.2, 0) is 19.5 Å². The predicted molar refractivity (Wildman–Crippen MR) is 45.6 cm³/mol. The Labute approximate surface area is 81.7 Å². The second kappa shape index (κ2) is 6.43. The van der Waals surface area contributed by atoms with Crippen LogP contribution in [0.2, 0.25) is 4.89 Å². The van der Waals surface area contributed by atoms with E-state index in [1.165, 1.54) is 0 Å². The molecule has 0 atom stereocenters. The van der Waals surface area contributed by atoms with Crippen LogP contribution in [0, 0.1) is 5.92 Å². The van der Waals surface area contributed by atoms with E-state index in [2.05, 4.69) is 13.8 Å². The first-order chi connectivity index (χ1) is 5.02. The third-order valence-electron chi connectivity index (χ3n) is 1.21. The van der Waals surface area contributed by atoms with Gasteiger partial charge in [0.1, 0.15) is 0 Å². The van der Waals surface area contributed by atoms with E-state index in [0.717, 1.165) is 6.42 Å². The number of rotatable bonds is 5. The van der Waals surface area contributed by atoms with Crippen molar-refractivity contribution in [3.8, 4) is 0 Å². The first-order valence-corrected chi connectivity index (χ1v) is 8.54. The van der Waals surface area contributed by atoms with Gasteiger partial charge in [-0.05, 0) is 0 Å². The fourth-order valence-corrected chi connectivity index (χ4v) is 2.45. The molecule has 0 aromatic rings. The van der Waals surface area contributed by atoms with E-state index in [9.17, 15) is 4.79 Å². The van der Waals surface area contributed by atoms with Gasteiger partial charge in [0.2, 0.25) is 0 Å². The molecule has 0 rings (SSSR count). The van der Waals surface area contributed by atoms with Crippen LogP contribution in [0.25, 0.3) is 0 Å². The average Bonchev–Trinajstić information content (AvgIpc) is 1.82. The van der Waals surface area contributed by atoms with Gasteiger partial charge < -0.3 is 0 Å². The molecule has 1 nitrogen and oxygen atoms in total. The Balaban J connectivity index is 3.38. The third-order valence-corrected chi connectivity index (χ3v) is 3.24. The zero-order valence-electron chi connectivity index (χ0n) is 6.68. The maximum absolute atomic E-state index is 11.0. The second-order valence-corrected chi connectivity index (χ2v) is 8.54. The van der Waals surface area contributed by atoms with Gasteiger partial charge >= 0.3 is 81.9 Å². The standard InChI is InChI=1S/C7H13O.2ClH.Pd/c1-6(2)4-5-7(3)8;;;/h6H,3-5H2,1-2H3;2*1H;/q;;;+2/p-2. The number of halogens is 2. The van der Waals surface area contributed by atoms with Gasteiger partial charge in [-0.15, -0.1) is 0 Å². The first-order valence-electron chi connectivity index (χ1n) is 3.44. The Hall–Kier alpha value is 0.912. The number of Topliss-reactive ketones (excluding diaryl/α,β-unsaturated/α-hetero) is 1. The first kappa shape index (κ1) is 11.9. The molecule has 0 unspecified atom stereocenters. The van der Waals surface area contributed by atoms with Crippen LogP contribution in [0.5, 0.6) is 0 Å². The van der Waals surface area contributed by atoms with Crippen molar-refractivity contribution in [1.82, 2.24) is 0 Å². The van der Waals surface area contributed by atoms with E-state index in [1.54, 1.807) is 0 Å². The molecule has 0 saturated heterocycles. The van der Waals surface area contributed by atoms with Crippen molar-refractivity contribution in [2.45, 2.75) is 31.6 Å². The topological polar surface area (TPSA) is 17.1 Å². The van der Waals surface area contributed by atoms with E-state index >= 15 is 0 Å². The normalized spacial score (nSPS) is 11.9. The van der Waals surface area contributed by atoms with Crippen molar-refractivity contribution in [1.29, 1.82) is 0 Å². The molecule has 0 fully saturated rings. The summed E-state index contributed by atoms with van der Waals surface area (Å²) in [4.78, 5) is 11.4. The Morgan fingerprint density at radius 1 is 1.45 bits per heavy atom. The molecule has 0 aromatic carbocycles. The summed E-state index contributed by atoms with van der Waals surface area (Å²) in [7, 11) is 11.1. The molecule has 0 aromatic heterocycles. The molecule has 0 N–H and O–H groups in total. The molecule has 11 heavy (non-hydrogen) atoms. The van der Waals surface area contributed by atoms with Crippen LogP contribution in [0.4, 0.5) is 0 Å². The van der Waals surface area contributed by atoms with E-state index in [1.807, 2.05) is 0 Å². The molecule has 0 amide bonds. The molecule has 0 aliphatic carbocycles. The summed E-state index contributed by atoms with van der Waals surface area (Å²) >= 11 is -1.51. The van der Waals surface area contributed by atoms with E-state index in [0.29, 0.717) is 17.2 Å². The molecular weight excluding hydrogens is 277 g/mol. The van der Waals surface area contributed by atoms with E-state index in [-0.39, 0.29) is 5.78 Å². The van der Waals surface area contributed by atoms with Crippen molar-refractivity contribution in [2.75, 3.05) is 0 Å².